The van der Waals surface area contributed by atoms with Crippen molar-refractivity contribution in [1.29, 1.82) is 0 Å². The summed E-state index contributed by atoms with van der Waals surface area (Å²) in [6, 6.07) is 2.17. The average molecular weight is 239 g/mol. The average Bonchev–Trinajstić information content (AvgIpc) is 2.26. The molecule has 0 aromatic carbocycles. The summed E-state index contributed by atoms with van der Waals surface area (Å²) in [4.78, 5) is 4.96. The minimum absolute atomic E-state index is 0.719. The van der Waals surface area contributed by atoms with Crippen LogP contribution in [0, 0.1) is 5.92 Å². The van der Waals surface area contributed by atoms with E-state index in [9.17, 15) is 0 Å². The zero-order valence-corrected chi connectivity index (χ0v) is 11.9. The summed E-state index contributed by atoms with van der Waals surface area (Å²) in [7, 11) is 4.50. The SMILES string of the molecule is CC1CN(C)C(C)CC1NC1CCCN(C)C1. The number of rotatable bonds is 2. The van der Waals surface area contributed by atoms with Crippen molar-refractivity contribution in [3.05, 3.63) is 0 Å². The number of nitrogens with one attached hydrogen (secondary N) is 1. The molecule has 2 saturated heterocycles. The van der Waals surface area contributed by atoms with Gasteiger partial charge in [-0.1, -0.05) is 6.92 Å². The first-order valence-corrected chi connectivity index (χ1v) is 7.21. The summed E-state index contributed by atoms with van der Waals surface area (Å²) in [6.45, 7) is 8.49. The van der Waals surface area contributed by atoms with Gasteiger partial charge in [0.05, 0.1) is 0 Å². The molecule has 2 aliphatic rings. The molecule has 0 bridgehead atoms. The van der Waals surface area contributed by atoms with E-state index in [1.807, 2.05) is 0 Å². The van der Waals surface area contributed by atoms with E-state index in [4.69, 9.17) is 0 Å². The third-order valence-corrected chi connectivity index (χ3v) is 4.68. The van der Waals surface area contributed by atoms with Crippen molar-refractivity contribution < 1.29 is 0 Å². The van der Waals surface area contributed by atoms with Gasteiger partial charge in [0.2, 0.25) is 0 Å². The topological polar surface area (TPSA) is 18.5 Å². The number of hydrogen-bond acceptors (Lipinski definition) is 3. The number of piperidine rings is 2. The first-order valence-electron chi connectivity index (χ1n) is 7.21. The van der Waals surface area contributed by atoms with Gasteiger partial charge in [-0.25, -0.2) is 0 Å². The molecule has 1 N–H and O–H groups in total. The predicted octanol–water partition coefficient (Wildman–Crippen LogP) is 1.40. The highest BCUT2D eigenvalue weighted by Gasteiger charge is 2.30. The van der Waals surface area contributed by atoms with Crippen molar-refractivity contribution in [3.63, 3.8) is 0 Å². The number of nitrogens with zero attached hydrogens (tertiary/aromatic N) is 2. The summed E-state index contributed by atoms with van der Waals surface area (Å²) in [5.74, 6) is 0.781. The van der Waals surface area contributed by atoms with Crippen LogP contribution in [0.5, 0.6) is 0 Å². The van der Waals surface area contributed by atoms with Crippen LogP contribution in [0.2, 0.25) is 0 Å². The van der Waals surface area contributed by atoms with E-state index in [0.717, 1.165) is 24.0 Å². The van der Waals surface area contributed by atoms with Gasteiger partial charge < -0.3 is 15.1 Å². The van der Waals surface area contributed by atoms with Crippen LogP contribution in [0.1, 0.15) is 33.1 Å². The molecule has 0 spiro atoms. The van der Waals surface area contributed by atoms with E-state index in [2.05, 4.69) is 43.1 Å². The van der Waals surface area contributed by atoms with Crippen molar-refractivity contribution in [2.75, 3.05) is 33.7 Å². The Bertz CT molecular complexity index is 244. The van der Waals surface area contributed by atoms with E-state index in [1.165, 1.54) is 38.9 Å². The molecule has 0 aromatic rings. The van der Waals surface area contributed by atoms with E-state index in [-0.39, 0.29) is 0 Å². The second kappa shape index (κ2) is 5.68. The van der Waals surface area contributed by atoms with Crippen LogP contribution in [0.15, 0.2) is 0 Å². The molecule has 0 radical (unpaired) electrons. The van der Waals surface area contributed by atoms with Crippen molar-refractivity contribution in [1.82, 2.24) is 15.1 Å². The van der Waals surface area contributed by atoms with E-state index >= 15 is 0 Å². The van der Waals surface area contributed by atoms with Crippen molar-refractivity contribution in [2.45, 2.75) is 51.2 Å². The molecule has 0 amide bonds. The first-order chi connectivity index (χ1) is 8.06. The quantitative estimate of drug-likeness (QED) is 0.786. The molecule has 0 aliphatic carbocycles. The highest BCUT2D eigenvalue weighted by molar-refractivity contribution is 4.89. The van der Waals surface area contributed by atoms with Gasteiger partial charge in [0.25, 0.3) is 0 Å². The minimum atomic E-state index is 0.719. The van der Waals surface area contributed by atoms with Crippen LogP contribution in [-0.2, 0) is 0 Å². The van der Waals surface area contributed by atoms with Crippen LogP contribution >= 0.6 is 0 Å². The van der Waals surface area contributed by atoms with Gasteiger partial charge in [0.15, 0.2) is 0 Å². The van der Waals surface area contributed by atoms with Gasteiger partial charge in [-0.3, -0.25) is 0 Å². The molecule has 4 unspecified atom stereocenters. The molecule has 3 nitrogen and oxygen atoms in total. The van der Waals surface area contributed by atoms with Gasteiger partial charge in [0, 0.05) is 31.2 Å². The van der Waals surface area contributed by atoms with E-state index in [1.54, 1.807) is 0 Å². The molecule has 2 rings (SSSR count). The molecule has 0 aromatic heterocycles. The lowest BCUT2D eigenvalue weighted by atomic mass is 9.88. The maximum atomic E-state index is 3.92. The lowest BCUT2D eigenvalue weighted by Crippen LogP contribution is -2.56. The third kappa shape index (κ3) is 3.43. The Balaban J connectivity index is 1.85. The maximum absolute atomic E-state index is 3.92. The Labute approximate surface area is 107 Å². The molecular weight excluding hydrogens is 210 g/mol. The van der Waals surface area contributed by atoms with Crippen molar-refractivity contribution >= 4 is 0 Å². The maximum Gasteiger partial charge on any atom is 0.0198 e. The van der Waals surface area contributed by atoms with Crippen molar-refractivity contribution in [2.24, 2.45) is 5.92 Å². The molecule has 2 aliphatic heterocycles. The second-order valence-corrected chi connectivity index (χ2v) is 6.38. The molecule has 2 heterocycles. The molecular formula is C14H29N3. The predicted molar refractivity (Wildman–Crippen MR) is 73.3 cm³/mol. The molecule has 100 valence electrons. The number of hydrogen-bond donors (Lipinski definition) is 1. The molecule has 17 heavy (non-hydrogen) atoms. The molecule has 2 fully saturated rings. The first kappa shape index (κ1) is 13.3. The fourth-order valence-corrected chi connectivity index (χ4v) is 3.38. The van der Waals surface area contributed by atoms with Gasteiger partial charge in [-0.15, -0.1) is 0 Å². The van der Waals surface area contributed by atoms with E-state index in [0.29, 0.717) is 0 Å². The Morgan fingerprint density at radius 2 is 1.88 bits per heavy atom. The Hall–Kier alpha value is -0.120. The van der Waals surface area contributed by atoms with Crippen LogP contribution in [0.25, 0.3) is 0 Å². The van der Waals surface area contributed by atoms with Crippen molar-refractivity contribution in [3.8, 4) is 0 Å². The van der Waals surface area contributed by atoms with Gasteiger partial charge in [-0.2, -0.15) is 0 Å². The standard InChI is InChI=1S/C14H29N3/c1-11-9-17(4)12(2)8-14(11)15-13-6-5-7-16(3)10-13/h11-15H,5-10H2,1-4H3. The van der Waals surface area contributed by atoms with Gasteiger partial charge in [0.1, 0.15) is 0 Å². The zero-order chi connectivity index (χ0) is 12.4. The molecule has 4 atom stereocenters. The zero-order valence-electron chi connectivity index (χ0n) is 11.9. The highest BCUT2D eigenvalue weighted by Crippen LogP contribution is 2.22. The summed E-state index contributed by atoms with van der Waals surface area (Å²) in [5, 5.41) is 3.92. The lowest BCUT2D eigenvalue weighted by molar-refractivity contribution is 0.104. The number of likely N-dealkylation sites (tertiary alicyclic amines) is 2. The Morgan fingerprint density at radius 3 is 2.59 bits per heavy atom. The second-order valence-electron chi connectivity index (χ2n) is 6.38. The van der Waals surface area contributed by atoms with Crippen LogP contribution < -0.4 is 5.32 Å². The fourth-order valence-electron chi connectivity index (χ4n) is 3.38. The summed E-state index contributed by atoms with van der Waals surface area (Å²) in [6.07, 6.45) is 4.01. The largest absolute Gasteiger partial charge is 0.310 e. The highest BCUT2D eigenvalue weighted by atomic mass is 15.2. The normalized spacial score (nSPS) is 41.6. The fraction of sp³-hybridized carbons (Fsp3) is 1.00. The smallest absolute Gasteiger partial charge is 0.0198 e. The summed E-state index contributed by atoms with van der Waals surface area (Å²) >= 11 is 0. The third-order valence-electron chi connectivity index (χ3n) is 4.68. The lowest BCUT2D eigenvalue weighted by Gasteiger charge is -2.43. The van der Waals surface area contributed by atoms with Crippen LogP contribution in [-0.4, -0.2) is 61.7 Å². The van der Waals surface area contributed by atoms with E-state index < -0.39 is 0 Å². The van der Waals surface area contributed by atoms with Crippen LogP contribution in [0.3, 0.4) is 0 Å². The van der Waals surface area contributed by atoms with Crippen LogP contribution in [0.4, 0.5) is 0 Å². The molecule has 0 saturated carbocycles. The summed E-state index contributed by atoms with van der Waals surface area (Å²) in [5.41, 5.74) is 0. The van der Waals surface area contributed by atoms with Gasteiger partial charge in [-0.05, 0) is 52.7 Å². The Kier molecular flexibility index (Phi) is 4.45. The van der Waals surface area contributed by atoms with Gasteiger partial charge >= 0.3 is 0 Å². The monoisotopic (exact) mass is 239 g/mol. The summed E-state index contributed by atoms with van der Waals surface area (Å²) < 4.78 is 0. The number of likely N-dealkylation sites (N-methyl/N-ethyl adjacent to an activating group) is 1. The Morgan fingerprint density at radius 1 is 1.12 bits per heavy atom. The minimum Gasteiger partial charge on any atom is -0.310 e. The molecule has 3 heteroatoms.